The van der Waals surface area contributed by atoms with Gasteiger partial charge in [0.2, 0.25) is 0 Å². The highest BCUT2D eigenvalue weighted by Gasteiger charge is 2.15. The molecule has 1 aromatic rings. The summed E-state index contributed by atoms with van der Waals surface area (Å²) in [6.07, 6.45) is 6.69. The molecule has 1 amide bonds. The Kier molecular flexibility index (Phi) is 6.70. The SMILES string of the molecule is COCC[NH2+]CC(=O)Nc1ccc(C2CCCCC2)cc1. The van der Waals surface area contributed by atoms with E-state index in [0.717, 1.165) is 12.2 Å². The number of anilines is 1. The van der Waals surface area contributed by atoms with Gasteiger partial charge in [-0.3, -0.25) is 4.79 Å². The van der Waals surface area contributed by atoms with E-state index in [2.05, 4.69) is 17.4 Å². The number of hydrogen-bond donors (Lipinski definition) is 2. The van der Waals surface area contributed by atoms with Crippen LogP contribution in [0.5, 0.6) is 0 Å². The van der Waals surface area contributed by atoms with E-state index in [4.69, 9.17) is 4.74 Å². The summed E-state index contributed by atoms with van der Waals surface area (Å²) in [6, 6.07) is 8.38. The summed E-state index contributed by atoms with van der Waals surface area (Å²) in [6.45, 7) is 1.92. The molecule has 4 heteroatoms. The van der Waals surface area contributed by atoms with Crippen molar-refractivity contribution < 1.29 is 14.8 Å². The molecule has 0 aromatic heterocycles. The third-order valence-electron chi connectivity index (χ3n) is 4.13. The number of carbonyl (C=O) groups is 1. The average Bonchev–Trinajstić information content (AvgIpc) is 2.53. The maximum atomic E-state index is 11.8. The largest absolute Gasteiger partial charge is 0.379 e. The standard InChI is InChI=1S/C17H26N2O2/c1-21-12-11-18-13-17(20)19-16-9-7-15(8-10-16)14-5-3-2-4-6-14/h7-10,14,18H,2-6,11-13H2,1H3,(H,19,20)/p+1. The fourth-order valence-electron chi connectivity index (χ4n) is 2.92. The first-order valence-electron chi connectivity index (χ1n) is 8.00. The molecule has 1 fully saturated rings. The Morgan fingerprint density at radius 1 is 1.24 bits per heavy atom. The Hall–Kier alpha value is -1.39. The Labute approximate surface area is 127 Å². The van der Waals surface area contributed by atoms with Gasteiger partial charge in [0, 0.05) is 12.8 Å². The molecule has 0 spiro atoms. The number of carbonyl (C=O) groups excluding carboxylic acids is 1. The van der Waals surface area contributed by atoms with Gasteiger partial charge in [0.25, 0.3) is 5.91 Å². The van der Waals surface area contributed by atoms with Gasteiger partial charge in [-0.25, -0.2) is 0 Å². The number of ether oxygens (including phenoxy) is 1. The molecule has 0 bridgehead atoms. The van der Waals surface area contributed by atoms with Crippen LogP contribution < -0.4 is 10.6 Å². The molecule has 1 aliphatic carbocycles. The Balaban J connectivity index is 1.77. The number of rotatable bonds is 7. The molecular weight excluding hydrogens is 264 g/mol. The number of hydrogen-bond acceptors (Lipinski definition) is 2. The van der Waals surface area contributed by atoms with Gasteiger partial charge in [0.15, 0.2) is 6.54 Å². The van der Waals surface area contributed by atoms with Crippen LogP contribution >= 0.6 is 0 Å². The first-order valence-corrected chi connectivity index (χ1v) is 8.00. The van der Waals surface area contributed by atoms with Crippen LogP contribution in [0, 0.1) is 0 Å². The Morgan fingerprint density at radius 3 is 2.62 bits per heavy atom. The van der Waals surface area contributed by atoms with Gasteiger partial charge >= 0.3 is 0 Å². The molecule has 21 heavy (non-hydrogen) atoms. The fraction of sp³-hybridized carbons (Fsp3) is 0.588. The van der Waals surface area contributed by atoms with Crippen LogP contribution in [-0.2, 0) is 9.53 Å². The summed E-state index contributed by atoms with van der Waals surface area (Å²) in [5.41, 5.74) is 2.30. The number of quaternary nitrogens is 1. The molecule has 0 aliphatic heterocycles. The van der Waals surface area contributed by atoms with Crippen LogP contribution in [0.25, 0.3) is 0 Å². The molecule has 0 atom stereocenters. The van der Waals surface area contributed by atoms with Crippen LogP contribution in [-0.4, -0.2) is 32.7 Å². The number of nitrogens with one attached hydrogen (secondary N) is 1. The molecule has 0 unspecified atom stereocenters. The van der Waals surface area contributed by atoms with Crippen molar-refractivity contribution >= 4 is 11.6 Å². The molecule has 0 heterocycles. The second-order valence-electron chi connectivity index (χ2n) is 5.78. The van der Waals surface area contributed by atoms with Gasteiger partial charge in [-0.2, -0.15) is 0 Å². The van der Waals surface area contributed by atoms with E-state index < -0.39 is 0 Å². The zero-order valence-corrected chi connectivity index (χ0v) is 12.9. The maximum absolute atomic E-state index is 11.8. The lowest BCUT2D eigenvalue weighted by Gasteiger charge is -2.22. The summed E-state index contributed by atoms with van der Waals surface area (Å²) in [7, 11) is 1.67. The van der Waals surface area contributed by atoms with Crippen molar-refractivity contribution in [1.82, 2.24) is 0 Å². The molecule has 3 N–H and O–H groups in total. The zero-order valence-electron chi connectivity index (χ0n) is 12.9. The molecule has 0 saturated heterocycles. The van der Waals surface area contributed by atoms with Crippen LogP contribution in [0.2, 0.25) is 0 Å². The lowest BCUT2D eigenvalue weighted by atomic mass is 9.84. The number of benzene rings is 1. The summed E-state index contributed by atoms with van der Waals surface area (Å²) in [4.78, 5) is 11.8. The van der Waals surface area contributed by atoms with Crippen LogP contribution in [0.15, 0.2) is 24.3 Å². The van der Waals surface area contributed by atoms with Crippen molar-refractivity contribution in [2.45, 2.75) is 38.0 Å². The van der Waals surface area contributed by atoms with Gasteiger partial charge in [0.05, 0.1) is 13.2 Å². The van der Waals surface area contributed by atoms with Crippen molar-refractivity contribution in [1.29, 1.82) is 0 Å². The van der Waals surface area contributed by atoms with E-state index in [1.165, 1.54) is 37.7 Å². The highest BCUT2D eigenvalue weighted by Crippen LogP contribution is 2.32. The molecule has 1 aliphatic rings. The average molecular weight is 291 g/mol. The third-order valence-corrected chi connectivity index (χ3v) is 4.13. The van der Waals surface area contributed by atoms with Gasteiger partial charge in [0.1, 0.15) is 0 Å². The quantitative estimate of drug-likeness (QED) is 0.754. The predicted molar refractivity (Wildman–Crippen MR) is 84.4 cm³/mol. The van der Waals surface area contributed by atoms with E-state index in [1.54, 1.807) is 7.11 Å². The second-order valence-corrected chi connectivity index (χ2v) is 5.78. The van der Waals surface area contributed by atoms with Gasteiger partial charge < -0.3 is 15.4 Å². The molecule has 2 rings (SSSR count). The molecule has 1 aromatic carbocycles. The van der Waals surface area contributed by atoms with E-state index in [-0.39, 0.29) is 5.91 Å². The molecule has 116 valence electrons. The minimum absolute atomic E-state index is 0.0384. The van der Waals surface area contributed by atoms with Crippen LogP contribution in [0.4, 0.5) is 5.69 Å². The van der Waals surface area contributed by atoms with E-state index in [0.29, 0.717) is 19.1 Å². The molecule has 1 saturated carbocycles. The van der Waals surface area contributed by atoms with Crippen molar-refractivity contribution in [2.24, 2.45) is 0 Å². The minimum Gasteiger partial charge on any atom is -0.379 e. The Bertz CT molecular complexity index is 425. The zero-order chi connectivity index (χ0) is 14.9. The lowest BCUT2D eigenvalue weighted by molar-refractivity contribution is -0.645. The lowest BCUT2D eigenvalue weighted by Crippen LogP contribution is -2.87. The van der Waals surface area contributed by atoms with Gasteiger partial charge in [-0.15, -0.1) is 0 Å². The predicted octanol–water partition coefficient (Wildman–Crippen LogP) is 1.88. The van der Waals surface area contributed by atoms with Crippen molar-refractivity contribution in [3.63, 3.8) is 0 Å². The summed E-state index contributed by atoms with van der Waals surface area (Å²) in [5.74, 6) is 0.752. The maximum Gasteiger partial charge on any atom is 0.279 e. The van der Waals surface area contributed by atoms with E-state index >= 15 is 0 Å². The molecule has 0 radical (unpaired) electrons. The third kappa shape index (κ3) is 5.48. The summed E-state index contributed by atoms with van der Waals surface area (Å²) >= 11 is 0. The van der Waals surface area contributed by atoms with Crippen LogP contribution in [0.3, 0.4) is 0 Å². The van der Waals surface area contributed by atoms with E-state index in [1.807, 2.05) is 17.4 Å². The number of amides is 1. The van der Waals surface area contributed by atoms with Crippen molar-refractivity contribution in [3.05, 3.63) is 29.8 Å². The minimum atomic E-state index is 0.0384. The van der Waals surface area contributed by atoms with Gasteiger partial charge in [-0.05, 0) is 36.5 Å². The fourth-order valence-corrected chi connectivity index (χ4v) is 2.92. The monoisotopic (exact) mass is 291 g/mol. The summed E-state index contributed by atoms with van der Waals surface area (Å²) < 4.78 is 4.95. The van der Waals surface area contributed by atoms with Crippen molar-refractivity contribution in [3.8, 4) is 0 Å². The topological polar surface area (TPSA) is 54.9 Å². The van der Waals surface area contributed by atoms with Crippen molar-refractivity contribution in [2.75, 3.05) is 32.1 Å². The number of methoxy groups -OCH3 is 1. The smallest absolute Gasteiger partial charge is 0.279 e. The summed E-state index contributed by atoms with van der Waals surface area (Å²) in [5, 5.41) is 4.89. The molecule has 4 nitrogen and oxygen atoms in total. The first-order chi connectivity index (χ1) is 10.3. The van der Waals surface area contributed by atoms with Gasteiger partial charge in [-0.1, -0.05) is 31.4 Å². The highest BCUT2D eigenvalue weighted by molar-refractivity contribution is 5.91. The normalized spacial score (nSPS) is 15.9. The Morgan fingerprint density at radius 2 is 1.95 bits per heavy atom. The number of nitrogens with two attached hydrogens (primary N) is 1. The van der Waals surface area contributed by atoms with Crippen LogP contribution in [0.1, 0.15) is 43.6 Å². The first kappa shape index (κ1) is 16.0. The second kappa shape index (κ2) is 8.80. The molecular formula is C17H27N2O2+. The van der Waals surface area contributed by atoms with E-state index in [9.17, 15) is 4.79 Å². The highest BCUT2D eigenvalue weighted by atomic mass is 16.5.